The minimum absolute atomic E-state index is 0.000428. The predicted molar refractivity (Wildman–Crippen MR) is 107 cm³/mol. The van der Waals surface area contributed by atoms with Gasteiger partial charge in [-0.25, -0.2) is 0 Å². The van der Waals surface area contributed by atoms with E-state index in [2.05, 4.69) is 0 Å². The van der Waals surface area contributed by atoms with Gasteiger partial charge in [0.15, 0.2) is 17.2 Å². The van der Waals surface area contributed by atoms with Crippen molar-refractivity contribution < 1.29 is 14.3 Å². The number of rotatable bonds is 3. The highest BCUT2D eigenvalue weighted by atomic mass is 16.5. The first kappa shape index (κ1) is 17.1. The van der Waals surface area contributed by atoms with Crippen LogP contribution in [0.15, 0.2) is 84.9 Å². The molecule has 2 aliphatic carbocycles. The van der Waals surface area contributed by atoms with E-state index in [0.717, 1.165) is 11.1 Å². The van der Waals surface area contributed by atoms with E-state index < -0.39 is 16.9 Å². The van der Waals surface area contributed by atoms with Gasteiger partial charge in [-0.2, -0.15) is 0 Å². The van der Waals surface area contributed by atoms with Gasteiger partial charge in [-0.3, -0.25) is 9.59 Å². The SMILES string of the molecule is CO[C@]12C(=O)c3ccccc3C(=O)[C@H]1CC2(c1ccccc1)c1ccccc1. The number of hydrogen-bond acceptors (Lipinski definition) is 3. The van der Waals surface area contributed by atoms with Crippen LogP contribution in [0.25, 0.3) is 0 Å². The van der Waals surface area contributed by atoms with Crippen molar-refractivity contribution in [1.29, 1.82) is 0 Å². The Hall–Kier alpha value is -3.04. The zero-order valence-electron chi connectivity index (χ0n) is 15.6. The van der Waals surface area contributed by atoms with Gasteiger partial charge >= 0.3 is 0 Å². The summed E-state index contributed by atoms with van der Waals surface area (Å²) < 4.78 is 6.07. The van der Waals surface area contributed by atoms with Crippen LogP contribution in [0.4, 0.5) is 0 Å². The number of hydrogen-bond donors (Lipinski definition) is 0. The van der Waals surface area contributed by atoms with E-state index in [1.165, 1.54) is 0 Å². The lowest BCUT2D eigenvalue weighted by Crippen LogP contribution is -2.75. The number of Topliss-reactive ketones (excluding diaryl/α,β-unsaturated/α-hetero) is 2. The van der Waals surface area contributed by atoms with Gasteiger partial charge in [0.25, 0.3) is 0 Å². The van der Waals surface area contributed by atoms with Gasteiger partial charge in [-0.05, 0) is 17.5 Å². The Kier molecular flexibility index (Phi) is 3.65. The van der Waals surface area contributed by atoms with Gasteiger partial charge in [0, 0.05) is 18.2 Å². The van der Waals surface area contributed by atoms with Crippen LogP contribution in [0.2, 0.25) is 0 Å². The third-order valence-corrected chi connectivity index (χ3v) is 6.58. The minimum Gasteiger partial charge on any atom is -0.368 e. The van der Waals surface area contributed by atoms with Crippen molar-refractivity contribution in [2.45, 2.75) is 17.4 Å². The number of ether oxygens (including phenoxy) is 1. The van der Waals surface area contributed by atoms with Crippen LogP contribution in [0.3, 0.4) is 0 Å². The molecule has 2 atom stereocenters. The number of benzene rings is 3. The van der Waals surface area contributed by atoms with Crippen LogP contribution in [0, 0.1) is 5.92 Å². The van der Waals surface area contributed by atoms with E-state index in [0.29, 0.717) is 17.5 Å². The molecule has 0 amide bonds. The Morgan fingerprint density at radius 1 is 0.750 bits per heavy atom. The molecular weight excluding hydrogens is 348 g/mol. The van der Waals surface area contributed by atoms with Crippen molar-refractivity contribution in [2.24, 2.45) is 5.92 Å². The molecule has 0 aromatic heterocycles. The zero-order chi connectivity index (χ0) is 19.4. The van der Waals surface area contributed by atoms with Gasteiger partial charge in [0.05, 0.1) is 11.3 Å². The Labute approximate surface area is 164 Å². The Morgan fingerprint density at radius 2 is 1.25 bits per heavy atom. The maximum absolute atomic E-state index is 13.9. The molecule has 0 heterocycles. The highest BCUT2D eigenvalue weighted by molar-refractivity contribution is 6.21. The number of carbonyl (C=O) groups is 2. The first-order chi connectivity index (χ1) is 13.7. The summed E-state index contributed by atoms with van der Waals surface area (Å²) in [6, 6.07) is 27.0. The Balaban J connectivity index is 1.82. The van der Waals surface area contributed by atoms with Crippen molar-refractivity contribution >= 4 is 11.6 Å². The topological polar surface area (TPSA) is 43.4 Å². The first-order valence-corrected chi connectivity index (χ1v) is 9.51. The normalized spacial score (nSPS) is 24.8. The number of ketones is 2. The molecule has 1 saturated carbocycles. The fourth-order valence-corrected chi connectivity index (χ4v) is 5.37. The molecule has 0 spiro atoms. The Bertz CT molecular complexity index is 1030. The van der Waals surface area contributed by atoms with E-state index in [1.54, 1.807) is 25.3 Å². The smallest absolute Gasteiger partial charge is 0.197 e. The van der Waals surface area contributed by atoms with Crippen LogP contribution in [-0.2, 0) is 10.2 Å². The molecule has 0 N–H and O–H groups in total. The summed E-state index contributed by atoms with van der Waals surface area (Å²) in [5, 5.41) is 0. The lowest BCUT2D eigenvalue weighted by molar-refractivity contribution is -0.130. The molecule has 0 bridgehead atoms. The lowest BCUT2D eigenvalue weighted by atomic mass is 9.41. The van der Waals surface area contributed by atoms with Gasteiger partial charge in [-0.15, -0.1) is 0 Å². The number of fused-ring (bicyclic) bond motifs is 2. The highest BCUT2D eigenvalue weighted by Crippen LogP contribution is 2.64. The average Bonchev–Trinajstić information content (AvgIpc) is 2.74. The van der Waals surface area contributed by atoms with Crippen molar-refractivity contribution in [3.8, 4) is 0 Å². The molecule has 3 aromatic carbocycles. The summed E-state index contributed by atoms with van der Waals surface area (Å²) in [5.74, 6) is -0.589. The van der Waals surface area contributed by atoms with Crippen molar-refractivity contribution in [3.05, 3.63) is 107 Å². The van der Waals surface area contributed by atoms with Crippen LogP contribution >= 0.6 is 0 Å². The first-order valence-electron chi connectivity index (χ1n) is 9.51. The third-order valence-electron chi connectivity index (χ3n) is 6.58. The molecule has 3 heteroatoms. The average molecular weight is 368 g/mol. The number of methoxy groups -OCH3 is 1. The molecule has 3 nitrogen and oxygen atoms in total. The molecule has 3 aromatic rings. The van der Waals surface area contributed by atoms with E-state index in [1.807, 2.05) is 66.7 Å². The van der Waals surface area contributed by atoms with Crippen molar-refractivity contribution in [1.82, 2.24) is 0 Å². The molecule has 0 saturated heterocycles. The second-order valence-corrected chi connectivity index (χ2v) is 7.57. The molecule has 138 valence electrons. The third kappa shape index (κ3) is 1.87. The van der Waals surface area contributed by atoms with E-state index >= 15 is 0 Å². The fraction of sp³-hybridized carbons (Fsp3) is 0.200. The fourth-order valence-electron chi connectivity index (χ4n) is 5.37. The second kappa shape index (κ2) is 5.98. The summed E-state index contributed by atoms with van der Waals surface area (Å²) in [5.41, 5.74) is 1.04. The van der Waals surface area contributed by atoms with Gasteiger partial charge in [0.1, 0.15) is 0 Å². The van der Waals surface area contributed by atoms with Crippen LogP contribution in [0.1, 0.15) is 38.3 Å². The molecular formula is C25H20O3. The van der Waals surface area contributed by atoms with Gasteiger partial charge in [0.2, 0.25) is 0 Å². The van der Waals surface area contributed by atoms with Crippen molar-refractivity contribution in [2.75, 3.05) is 7.11 Å². The van der Waals surface area contributed by atoms with Gasteiger partial charge in [-0.1, -0.05) is 84.9 Å². The highest BCUT2D eigenvalue weighted by Gasteiger charge is 2.75. The van der Waals surface area contributed by atoms with Crippen molar-refractivity contribution in [3.63, 3.8) is 0 Å². The monoisotopic (exact) mass is 368 g/mol. The molecule has 28 heavy (non-hydrogen) atoms. The van der Waals surface area contributed by atoms with Crippen LogP contribution in [-0.4, -0.2) is 24.3 Å². The van der Waals surface area contributed by atoms with E-state index in [-0.39, 0.29) is 11.6 Å². The van der Waals surface area contributed by atoms with Gasteiger partial charge < -0.3 is 4.74 Å². The molecule has 2 aliphatic rings. The molecule has 0 unspecified atom stereocenters. The molecule has 5 rings (SSSR count). The summed E-state index contributed by atoms with van der Waals surface area (Å²) in [4.78, 5) is 27.2. The van der Waals surface area contributed by atoms with Crippen LogP contribution in [0.5, 0.6) is 0 Å². The summed E-state index contributed by atoms with van der Waals surface area (Å²) in [6.07, 6.45) is 0.549. The molecule has 0 aliphatic heterocycles. The Morgan fingerprint density at radius 3 is 1.79 bits per heavy atom. The largest absolute Gasteiger partial charge is 0.368 e. The standard InChI is InChI=1S/C25H20O3/c1-28-25-21(22(26)19-14-8-9-15-20(19)23(25)27)16-24(25,17-10-4-2-5-11-17)18-12-6-3-7-13-18/h2-15,21H,16H2,1H3/t21-,25+/m1/s1. The summed E-state index contributed by atoms with van der Waals surface area (Å²) in [6.45, 7) is 0. The lowest BCUT2D eigenvalue weighted by Gasteiger charge is -2.63. The number of carbonyl (C=O) groups excluding carboxylic acids is 2. The van der Waals surface area contributed by atoms with Crippen LogP contribution < -0.4 is 0 Å². The minimum atomic E-state index is -1.23. The second-order valence-electron chi connectivity index (χ2n) is 7.57. The maximum Gasteiger partial charge on any atom is 0.197 e. The summed E-state index contributed by atoms with van der Waals surface area (Å²) >= 11 is 0. The molecule has 1 fully saturated rings. The zero-order valence-corrected chi connectivity index (χ0v) is 15.6. The van der Waals surface area contributed by atoms with E-state index in [9.17, 15) is 9.59 Å². The maximum atomic E-state index is 13.9. The predicted octanol–water partition coefficient (Wildman–Crippen LogP) is 4.46. The molecule has 0 radical (unpaired) electrons. The van der Waals surface area contributed by atoms with E-state index in [4.69, 9.17) is 4.74 Å². The summed E-state index contributed by atoms with van der Waals surface area (Å²) in [7, 11) is 1.56. The quantitative estimate of drug-likeness (QED) is 0.686.